The lowest BCUT2D eigenvalue weighted by molar-refractivity contribution is 0.159. The van der Waals surface area contributed by atoms with Crippen LogP contribution in [0.5, 0.6) is 0 Å². The molecule has 0 aliphatic carbocycles. The topological polar surface area (TPSA) is 32.3 Å². The van der Waals surface area contributed by atoms with Crippen molar-refractivity contribution in [1.82, 2.24) is 5.32 Å². The zero-order chi connectivity index (χ0) is 6.69. The van der Waals surface area contributed by atoms with Crippen LogP contribution >= 0.6 is 12.6 Å². The minimum atomic E-state index is -0.254. The Morgan fingerprint density at radius 3 is 3.00 bits per heavy atom. The molecular formula is C6H13NOS. The van der Waals surface area contributed by atoms with Crippen molar-refractivity contribution >= 4 is 12.6 Å². The van der Waals surface area contributed by atoms with Crippen LogP contribution in [0.4, 0.5) is 0 Å². The lowest BCUT2D eigenvalue weighted by atomic mass is 10.1. The van der Waals surface area contributed by atoms with E-state index in [-0.39, 0.29) is 6.10 Å². The summed E-state index contributed by atoms with van der Waals surface area (Å²) in [5.74, 6) is 0.567. The van der Waals surface area contributed by atoms with Crippen molar-refractivity contribution < 1.29 is 5.11 Å². The van der Waals surface area contributed by atoms with Gasteiger partial charge in [0.1, 0.15) is 0 Å². The minimum Gasteiger partial charge on any atom is -0.391 e. The number of nitrogens with one attached hydrogen (secondary N) is 1. The summed E-state index contributed by atoms with van der Waals surface area (Å²) in [5, 5.41) is 12.4. The maximum Gasteiger partial charge on any atom is 0.0780 e. The molecule has 2 nitrogen and oxygen atoms in total. The van der Waals surface area contributed by atoms with Crippen molar-refractivity contribution in [2.24, 2.45) is 0 Å². The molecule has 54 valence electrons. The molecule has 0 aromatic rings. The van der Waals surface area contributed by atoms with E-state index in [4.69, 9.17) is 0 Å². The highest BCUT2D eigenvalue weighted by atomic mass is 32.1. The van der Waals surface area contributed by atoms with E-state index >= 15 is 0 Å². The molecule has 0 saturated carbocycles. The van der Waals surface area contributed by atoms with Crippen LogP contribution in [-0.2, 0) is 0 Å². The molecule has 0 amide bonds. The van der Waals surface area contributed by atoms with E-state index in [2.05, 4.69) is 17.9 Å². The van der Waals surface area contributed by atoms with Gasteiger partial charge in [-0.25, -0.2) is 0 Å². The second-order valence-corrected chi connectivity index (χ2v) is 2.82. The van der Waals surface area contributed by atoms with Crippen LogP contribution in [0.1, 0.15) is 12.8 Å². The molecule has 1 rings (SSSR count). The van der Waals surface area contributed by atoms with Crippen LogP contribution in [0.2, 0.25) is 0 Å². The zero-order valence-electron chi connectivity index (χ0n) is 5.38. The third-order valence-corrected chi connectivity index (χ3v) is 2.12. The fraction of sp³-hybridized carbons (Fsp3) is 1.00. The van der Waals surface area contributed by atoms with Crippen LogP contribution in [0, 0.1) is 0 Å². The first-order chi connectivity index (χ1) is 4.34. The van der Waals surface area contributed by atoms with Gasteiger partial charge < -0.3 is 10.4 Å². The molecule has 2 atom stereocenters. The van der Waals surface area contributed by atoms with Crippen molar-refractivity contribution in [3.05, 3.63) is 0 Å². The summed E-state index contributed by atoms with van der Waals surface area (Å²) in [5.41, 5.74) is 0. The Kier molecular flexibility index (Phi) is 2.82. The highest BCUT2D eigenvalue weighted by Crippen LogP contribution is 2.09. The quantitative estimate of drug-likeness (QED) is 0.481. The van der Waals surface area contributed by atoms with Gasteiger partial charge in [-0.1, -0.05) is 0 Å². The van der Waals surface area contributed by atoms with Crippen LogP contribution in [0.3, 0.4) is 0 Å². The van der Waals surface area contributed by atoms with E-state index in [1.165, 1.54) is 6.42 Å². The van der Waals surface area contributed by atoms with Gasteiger partial charge in [-0.05, 0) is 19.4 Å². The normalized spacial score (nSPS) is 30.7. The smallest absolute Gasteiger partial charge is 0.0780 e. The zero-order valence-corrected chi connectivity index (χ0v) is 6.27. The molecule has 1 fully saturated rings. The largest absolute Gasteiger partial charge is 0.391 e. The SMILES string of the molecule is OC(CS)C1CCCN1. The number of thiol groups is 1. The van der Waals surface area contributed by atoms with E-state index in [0.29, 0.717) is 11.8 Å². The summed E-state index contributed by atoms with van der Waals surface area (Å²) in [6.45, 7) is 1.05. The van der Waals surface area contributed by atoms with Crippen LogP contribution in [0.15, 0.2) is 0 Å². The average Bonchev–Trinajstić information content (AvgIpc) is 2.37. The first-order valence-electron chi connectivity index (χ1n) is 3.37. The van der Waals surface area contributed by atoms with Gasteiger partial charge in [0.25, 0.3) is 0 Å². The molecule has 0 aromatic heterocycles. The minimum absolute atomic E-state index is 0.254. The maximum absolute atomic E-state index is 9.22. The summed E-state index contributed by atoms with van der Waals surface area (Å²) in [7, 11) is 0. The van der Waals surface area contributed by atoms with Gasteiger partial charge in [0.2, 0.25) is 0 Å². The van der Waals surface area contributed by atoms with E-state index in [1.54, 1.807) is 0 Å². The Balaban J connectivity index is 2.24. The van der Waals surface area contributed by atoms with Gasteiger partial charge >= 0.3 is 0 Å². The summed E-state index contributed by atoms with van der Waals surface area (Å²) >= 11 is 4.00. The lowest BCUT2D eigenvalue weighted by Crippen LogP contribution is -2.35. The molecule has 3 heteroatoms. The second kappa shape index (κ2) is 3.44. The molecule has 2 N–H and O–H groups in total. The van der Waals surface area contributed by atoms with E-state index in [0.717, 1.165) is 13.0 Å². The lowest BCUT2D eigenvalue weighted by Gasteiger charge is -2.14. The summed E-state index contributed by atoms with van der Waals surface area (Å²) in [6, 6.07) is 0.308. The first kappa shape index (κ1) is 7.38. The second-order valence-electron chi connectivity index (χ2n) is 2.45. The molecule has 1 heterocycles. The Morgan fingerprint density at radius 1 is 1.78 bits per heavy atom. The number of hydrogen-bond acceptors (Lipinski definition) is 3. The monoisotopic (exact) mass is 147 g/mol. The van der Waals surface area contributed by atoms with Crippen molar-refractivity contribution in [3.8, 4) is 0 Å². The van der Waals surface area contributed by atoms with Gasteiger partial charge in [-0.2, -0.15) is 12.6 Å². The number of rotatable bonds is 2. The number of aliphatic hydroxyl groups excluding tert-OH is 1. The van der Waals surface area contributed by atoms with Gasteiger partial charge in [-0.15, -0.1) is 0 Å². The van der Waals surface area contributed by atoms with Gasteiger partial charge in [-0.3, -0.25) is 0 Å². The predicted molar refractivity (Wildman–Crippen MR) is 40.9 cm³/mol. The van der Waals surface area contributed by atoms with Crippen molar-refractivity contribution in [1.29, 1.82) is 0 Å². The van der Waals surface area contributed by atoms with Crippen molar-refractivity contribution in [2.45, 2.75) is 25.0 Å². The van der Waals surface area contributed by atoms with Gasteiger partial charge in [0, 0.05) is 11.8 Å². The van der Waals surface area contributed by atoms with Gasteiger partial charge in [0.15, 0.2) is 0 Å². The molecule has 0 bridgehead atoms. The molecule has 2 unspecified atom stereocenters. The fourth-order valence-electron chi connectivity index (χ4n) is 1.17. The molecule has 0 spiro atoms. The Morgan fingerprint density at radius 2 is 2.56 bits per heavy atom. The van der Waals surface area contributed by atoms with E-state index < -0.39 is 0 Å². The molecule has 1 saturated heterocycles. The number of hydrogen-bond donors (Lipinski definition) is 3. The Bertz CT molecular complexity index is 83.1. The maximum atomic E-state index is 9.22. The average molecular weight is 147 g/mol. The van der Waals surface area contributed by atoms with Crippen LogP contribution < -0.4 is 5.32 Å². The van der Waals surface area contributed by atoms with Crippen molar-refractivity contribution in [2.75, 3.05) is 12.3 Å². The Labute approximate surface area is 61.1 Å². The van der Waals surface area contributed by atoms with Crippen molar-refractivity contribution in [3.63, 3.8) is 0 Å². The standard InChI is InChI=1S/C6H13NOS/c8-6(4-9)5-2-1-3-7-5/h5-9H,1-4H2. The summed E-state index contributed by atoms with van der Waals surface area (Å²) < 4.78 is 0. The molecule has 0 radical (unpaired) electrons. The van der Waals surface area contributed by atoms with E-state index in [9.17, 15) is 5.11 Å². The third kappa shape index (κ3) is 1.85. The molecule has 1 aliphatic rings. The first-order valence-corrected chi connectivity index (χ1v) is 4.00. The highest BCUT2D eigenvalue weighted by Gasteiger charge is 2.20. The third-order valence-electron chi connectivity index (χ3n) is 1.75. The highest BCUT2D eigenvalue weighted by molar-refractivity contribution is 7.80. The molecule has 9 heavy (non-hydrogen) atoms. The van der Waals surface area contributed by atoms with Gasteiger partial charge in [0.05, 0.1) is 6.10 Å². The molecule has 0 aromatic carbocycles. The van der Waals surface area contributed by atoms with Crippen LogP contribution in [0.25, 0.3) is 0 Å². The fourth-order valence-corrected chi connectivity index (χ4v) is 1.42. The Hall–Kier alpha value is 0.270. The molecular weight excluding hydrogens is 134 g/mol. The molecule has 1 aliphatic heterocycles. The van der Waals surface area contributed by atoms with Crippen LogP contribution in [-0.4, -0.2) is 29.5 Å². The number of aliphatic hydroxyl groups is 1. The predicted octanol–water partition coefficient (Wildman–Crippen LogP) is 0.0291. The van der Waals surface area contributed by atoms with E-state index in [1.807, 2.05) is 0 Å². The summed E-state index contributed by atoms with van der Waals surface area (Å²) in [4.78, 5) is 0. The summed E-state index contributed by atoms with van der Waals surface area (Å²) in [6.07, 6.45) is 2.04.